The lowest BCUT2D eigenvalue weighted by Gasteiger charge is -2.08. The zero-order valence-electron chi connectivity index (χ0n) is 15.9. The lowest BCUT2D eigenvalue weighted by molar-refractivity contribution is -0.744. The maximum atomic E-state index is 13.1. The fourth-order valence-corrected chi connectivity index (χ4v) is 3.82. The van der Waals surface area contributed by atoms with Crippen molar-refractivity contribution in [3.05, 3.63) is 76.5 Å². The molecule has 2 heterocycles. The largest absolute Gasteiger partial charge is 0.296 e. The molecule has 1 saturated carbocycles. The quantitative estimate of drug-likeness (QED) is 0.376. The highest BCUT2D eigenvalue weighted by Crippen LogP contribution is 2.30. The number of pyridine rings is 1. The summed E-state index contributed by atoms with van der Waals surface area (Å²) in [5, 5.41) is 0.637. The van der Waals surface area contributed by atoms with Crippen LogP contribution in [0.3, 0.4) is 0 Å². The molecule has 29 heavy (non-hydrogen) atoms. The number of halogens is 2. The van der Waals surface area contributed by atoms with Gasteiger partial charge >= 0.3 is 0 Å². The summed E-state index contributed by atoms with van der Waals surface area (Å²) < 4.78 is 16.6. The first kappa shape index (κ1) is 19.2. The predicted octanol–water partition coefficient (Wildman–Crippen LogP) is 3.64. The molecule has 1 unspecified atom stereocenters. The Morgan fingerprint density at radius 2 is 1.93 bits per heavy atom. The van der Waals surface area contributed by atoms with Crippen LogP contribution in [0.4, 0.5) is 4.39 Å². The van der Waals surface area contributed by atoms with E-state index in [-0.39, 0.29) is 18.0 Å². The Morgan fingerprint density at radius 3 is 2.59 bits per heavy atom. The average Bonchev–Trinajstić information content (AvgIpc) is 3.13. The number of benzene rings is 1. The van der Waals surface area contributed by atoms with E-state index in [1.165, 1.54) is 12.1 Å². The van der Waals surface area contributed by atoms with E-state index in [0.29, 0.717) is 16.3 Å². The number of rotatable bonds is 3. The van der Waals surface area contributed by atoms with Gasteiger partial charge in [0.2, 0.25) is 11.7 Å². The summed E-state index contributed by atoms with van der Waals surface area (Å²) in [6.07, 6.45) is 2.66. The molecule has 2 aromatic heterocycles. The van der Waals surface area contributed by atoms with E-state index in [0.717, 1.165) is 23.1 Å². The molecule has 0 radical (unpaired) electrons. The first-order chi connectivity index (χ1) is 13.8. The van der Waals surface area contributed by atoms with Gasteiger partial charge in [-0.1, -0.05) is 11.6 Å². The molecular weight excluding hydrogens is 393 g/mol. The second-order valence-electron chi connectivity index (χ2n) is 7.03. The normalized spacial score (nSPS) is 18.1. The Labute approximate surface area is 172 Å². The van der Waals surface area contributed by atoms with Crippen LogP contribution in [0.5, 0.6) is 0 Å². The van der Waals surface area contributed by atoms with Gasteiger partial charge in [0.15, 0.2) is 18.6 Å². The number of nitrogens with zero attached hydrogens (tertiary/aromatic N) is 3. The van der Waals surface area contributed by atoms with Crippen LogP contribution in [0.15, 0.2) is 54.2 Å². The molecule has 1 aliphatic rings. The van der Waals surface area contributed by atoms with Gasteiger partial charge in [0.05, 0.1) is 17.6 Å². The summed E-state index contributed by atoms with van der Waals surface area (Å²) in [4.78, 5) is 29.7. The standard InChI is InChI=1S/C22H18ClFN3O2/c1-13-9-19(14-3-5-16(23)6-4-14)26(2)27(13)21-20(28)11-15(22(21)29)10-18-8-7-17(24)12-25-18/h3-10,12,21H,11H2,1-2H3/q+1. The van der Waals surface area contributed by atoms with Gasteiger partial charge in [-0.05, 0) is 49.4 Å². The Morgan fingerprint density at radius 1 is 1.21 bits per heavy atom. The molecule has 146 valence electrons. The van der Waals surface area contributed by atoms with Crippen molar-refractivity contribution in [3.63, 3.8) is 0 Å². The van der Waals surface area contributed by atoms with E-state index < -0.39 is 11.9 Å². The molecule has 0 saturated heterocycles. The van der Waals surface area contributed by atoms with Gasteiger partial charge in [-0.25, -0.2) is 4.39 Å². The van der Waals surface area contributed by atoms with Crippen LogP contribution in [0.2, 0.25) is 5.02 Å². The molecule has 1 aliphatic carbocycles. The average molecular weight is 411 g/mol. The molecule has 0 N–H and O–H groups in total. The smallest absolute Gasteiger partial charge is 0.238 e. The number of carbonyl (C=O) groups is 2. The third-order valence-electron chi connectivity index (χ3n) is 5.07. The minimum Gasteiger partial charge on any atom is -0.296 e. The molecule has 0 amide bonds. The molecule has 7 heteroatoms. The molecule has 0 aliphatic heterocycles. The molecule has 3 aromatic rings. The first-order valence-electron chi connectivity index (χ1n) is 9.08. The Hall–Kier alpha value is -3.12. The minimum absolute atomic E-state index is 0.0243. The fourth-order valence-electron chi connectivity index (χ4n) is 3.69. The second-order valence-corrected chi connectivity index (χ2v) is 7.46. The molecule has 4 rings (SSSR count). The van der Waals surface area contributed by atoms with Gasteiger partial charge in [-0.2, -0.15) is 0 Å². The first-order valence-corrected chi connectivity index (χ1v) is 9.46. The van der Waals surface area contributed by atoms with Crippen LogP contribution in [0.1, 0.15) is 23.9 Å². The van der Waals surface area contributed by atoms with Gasteiger partial charge in [-0.3, -0.25) is 14.6 Å². The number of aryl methyl sites for hydroxylation is 1. The zero-order chi connectivity index (χ0) is 20.7. The van der Waals surface area contributed by atoms with E-state index >= 15 is 0 Å². The van der Waals surface area contributed by atoms with Gasteiger partial charge < -0.3 is 0 Å². The van der Waals surface area contributed by atoms with E-state index in [2.05, 4.69) is 4.98 Å². The lowest BCUT2D eigenvalue weighted by Crippen LogP contribution is -2.45. The zero-order valence-corrected chi connectivity index (χ0v) is 16.7. The summed E-state index contributed by atoms with van der Waals surface area (Å²) in [5.41, 5.74) is 3.42. The highest BCUT2D eigenvalue weighted by molar-refractivity contribution is 6.30. The summed E-state index contributed by atoms with van der Waals surface area (Å²) in [6.45, 7) is 1.86. The summed E-state index contributed by atoms with van der Waals surface area (Å²) in [5.74, 6) is -0.901. The summed E-state index contributed by atoms with van der Waals surface area (Å²) >= 11 is 5.97. The van der Waals surface area contributed by atoms with E-state index in [1.54, 1.807) is 22.9 Å². The highest BCUT2D eigenvalue weighted by Gasteiger charge is 2.43. The number of aromatic nitrogens is 3. The maximum absolute atomic E-state index is 13.1. The van der Waals surface area contributed by atoms with Crippen LogP contribution in [-0.4, -0.2) is 21.2 Å². The van der Waals surface area contributed by atoms with E-state index in [1.807, 2.05) is 36.9 Å². The van der Waals surface area contributed by atoms with Crippen LogP contribution in [0.25, 0.3) is 17.3 Å². The molecule has 5 nitrogen and oxygen atoms in total. The number of carbonyl (C=O) groups excluding carboxylic acids is 2. The SMILES string of the molecule is Cc1cc(-c2ccc(Cl)cc2)[n+](C)n1C1C(=O)CC(=Cc2ccc(F)cn2)C1=O. The molecule has 0 spiro atoms. The highest BCUT2D eigenvalue weighted by atomic mass is 35.5. The number of allylic oxidation sites excluding steroid dienone is 1. The molecule has 1 aromatic carbocycles. The second kappa shape index (κ2) is 7.37. The molecular formula is C22H18ClFN3O2+. The van der Waals surface area contributed by atoms with Gasteiger partial charge in [0, 0.05) is 28.6 Å². The van der Waals surface area contributed by atoms with Gasteiger partial charge in [-0.15, -0.1) is 9.36 Å². The van der Waals surface area contributed by atoms with Gasteiger partial charge in [0.25, 0.3) is 0 Å². The third-order valence-corrected chi connectivity index (χ3v) is 5.32. The molecule has 1 fully saturated rings. The Balaban J connectivity index is 1.71. The lowest BCUT2D eigenvalue weighted by atomic mass is 10.1. The van der Waals surface area contributed by atoms with E-state index in [9.17, 15) is 14.0 Å². The van der Waals surface area contributed by atoms with Crippen LogP contribution in [-0.2, 0) is 16.6 Å². The van der Waals surface area contributed by atoms with Crippen LogP contribution in [0, 0.1) is 12.7 Å². The monoisotopic (exact) mass is 410 g/mol. The van der Waals surface area contributed by atoms with Crippen molar-refractivity contribution in [1.82, 2.24) is 9.67 Å². The van der Waals surface area contributed by atoms with Gasteiger partial charge in [0.1, 0.15) is 5.82 Å². The fraction of sp³-hybridized carbons (Fsp3) is 0.182. The third kappa shape index (κ3) is 3.51. The van der Waals surface area contributed by atoms with E-state index in [4.69, 9.17) is 11.6 Å². The van der Waals surface area contributed by atoms with Crippen molar-refractivity contribution in [2.45, 2.75) is 19.4 Å². The number of Topliss-reactive ketones (excluding diaryl/α,β-unsaturated/α-hetero) is 2. The van der Waals surface area contributed by atoms with Crippen molar-refractivity contribution < 1.29 is 18.7 Å². The van der Waals surface area contributed by atoms with Crippen molar-refractivity contribution in [3.8, 4) is 11.3 Å². The molecule has 1 atom stereocenters. The minimum atomic E-state index is -0.923. The van der Waals surface area contributed by atoms with Crippen molar-refractivity contribution in [2.24, 2.45) is 7.05 Å². The van der Waals surface area contributed by atoms with Crippen molar-refractivity contribution in [2.75, 3.05) is 0 Å². The number of hydrogen-bond donors (Lipinski definition) is 0. The Bertz CT molecular complexity index is 1150. The maximum Gasteiger partial charge on any atom is 0.238 e. The molecule has 0 bridgehead atoms. The number of ketones is 2. The summed E-state index contributed by atoms with van der Waals surface area (Å²) in [6, 6.07) is 11.1. The van der Waals surface area contributed by atoms with Crippen LogP contribution < -0.4 is 4.68 Å². The van der Waals surface area contributed by atoms with Crippen molar-refractivity contribution in [1.29, 1.82) is 0 Å². The number of hydrogen-bond acceptors (Lipinski definition) is 3. The predicted molar refractivity (Wildman–Crippen MR) is 107 cm³/mol. The Kier molecular flexibility index (Phi) is 4.88. The summed E-state index contributed by atoms with van der Waals surface area (Å²) in [7, 11) is 1.82. The topological polar surface area (TPSA) is 55.8 Å². The van der Waals surface area contributed by atoms with Crippen molar-refractivity contribution >= 4 is 29.2 Å². The van der Waals surface area contributed by atoms with Crippen LogP contribution >= 0.6 is 11.6 Å².